The summed E-state index contributed by atoms with van der Waals surface area (Å²) in [6.07, 6.45) is 0.996. The predicted octanol–water partition coefficient (Wildman–Crippen LogP) is 2.55. The van der Waals surface area contributed by atoms with E-state index in [0.29, 0.717) is 6.61 Å². The summed E-state index contributed by atoms with van der Waals surface area (Å²) in [5.74, 6) is 0. The first-order chi connectivity index (χ1) is 9.70. The van der Waals surface area contributed by atoms with Crippen LogP contribution in [-0.4, -0.2) is 47.6 Å². The lowest BCUT2D eigenvalue weighted by molar-refractivity contribution is 0.196. The Morgan fingerprint density at radius 1 is 1.20 bits per heavy atom. The second-order valence-electron chi connectivity index (χ2n) is 4.67. The lowest BCUT2D eigenvalue weighted by Crippen LogP contribution is -2.24. The number of halogens is 1. The first-order valence-corrected chi connectivity index (χ1v) is 7.25. The van der Waals surface area contributed by atoms with Gasteiger partial charge in [-0.3, -0.25) is 0 Å². The summed E-state index contributed by atoms with van der Waals surface area (Å²) < 4.78 is 10.1. The van der Waals surface area contributed by atoms with Crippen LogP contribution in [0.3, 0.4) is 0 Å². The fraction of sp³-hybridized carbons (Fsp3) is 0.600. The lowest BCUT2D eigenvalue weighted by Gasteiger charge is -2.23. The number of nitrogens with one attached hydrogen (secondary N) is 1. The third-order valence-electron chi connectivity index (χ3n) is 3.13. The number of rotatable bonds is 10. The molecule has 20 heavy (non-hydrogen) atoms. The van der Waals surface area contributed by atoms with E-state index in [9.17, 15) is 0 Å². The lowest BCUT2D eigenvalue weighted by atomic mass is 10.1. The molecule has 0 unspecified atom stereocenters. The van der Waals surface area contributed by atoms with Gasteiger partial charge in [-0.05, 0) is 18.6 Å². The largest absolute Gasteiger partial charge is 0.385 e. The third-order valence-corrected chi connectivity index (χ3v) is 3.49. The van der Waals surface area contributed by atoms with E-state index < -0.39 is 0 Å². The van der Waals surface area contributed by atoms with Crippen molar-refractivity contribution in [3.63, 3.8) is 0 Å². The van der Waals surface area contributed by atoms with Gasteiger partial charge in [-0.15, -0.1) is 0 Å². The summed E-state index contributed by atoms with van der Waals surface area (Å²) >= 11 is 6.32. The van der Waals surface area contributed by atoms with Crippen LogP contribution in [0.2, 0.25) is 5.02 Å². The number of methoxy groups -OCH3 is 2. The van der Waals surface area contributed by atoms with Crippen LogP contribution in [0.25, 0.3) is 0 Å². The zero-order valence-electron chi connectivity index (χ0n) is 12.6. The molecule has 0 saturated heterocycles. The summed E-state index contributed by atoms with van der Waals surface area (Å²) in [6.45, 7) is 3.97. The van der Waals surface area contributed by atoms with E-state index in [1.165, 1.54) is 5.69 Å². The van der Waals surface area contributed by atoms with Crippen LogP contribution < -0.4 is 10.2 Å². The van der Waals surface area contributed by atoms with Gasteiger partial charge >= 0.3 is 0 Å². The molecule has 0 aliphatic carbocycles. The Balaban J connectivity index is 2.66. The van der Waals surface area contributed by atoms with Gasteiger partial charge in [0.1, 0.15) is 0 Å². The molecule has 0 saturated carbocycles. The van der Waals surface area contributed by atoms with E-state index in [1.807, 2.05) is 12.1 Å². The number of benzene rings is 1. The highest BCUT2D eigenvalue weighted by atomic mass is 35.5. The van der Waals surface area contributed by atoms with Crippen LogP contribution in [0.15, 0.2) is 18.2 Å². The smallest absolute Gasteiger partial charge is 0.0587 e. The van der Waals surface area contributed by atoms with Crippen molar-refractivity contribution < 1.29 is 9.47 Å². The van der Waals surface area contributed by atoms with Crippen molar-refractivity contribution in [3.8, 4) is 0 Å². The maximum Gasteiger partial charge on any atom is 0.0587 e. The van der Waals surface area contributed by atoms with E-state index >= 15 is 0 Å². The zero-order chi connectivity index (χ0) is 14.8. The maximum atomic E-state index is 6.32. The Kier molecular flexibility index (Phi) is 8.62. The molecule has 5 heteroatoms. The van der Waals surface area contributed by atoms with E-state index in [0.717, 1.165) is 43.2 Å². The molecule has 0 radical (unpaired) electrons. The molecule has 1 aromatic rings. The summed E-state index contributed by atoms with van der Waals surface area (Å²) in [5, 5.41) is 4.14. The number of ether oxygens (including phenoxy) is 2. The van der Waals surface area contributed by atoms with Gasteiger partial charge in [0, 0.05) is 63.8 Å². The van der Waals surface area contributed by atoms with Gasteiger partial charge in [0.05, 0.1) is 6.61 Å². The number of hydrogen-bond donors (Lipinski definition) is 1. The minimum Gasteiger partial charge on any atom is -0.385 e. The first kappa shape index (κ1) is 17.2. The number of nitrogens with zero attached hydrogens (tertiary/aromatic N) is 1. The minimum atomic E-state index is 0.698. The van der Waals surface area contributed by atoms with Gasteiger partial charge < -0.3 is 19.7 Å². The Bertz CT molecular complexity index is 388. The summed E-state index contributed by atoms with van der Waals surface area (Å²) in [6, 6.07) is 6.02. The van der Waals surface area contributed by atoms with Crippen molar-refractivity contribution >= 4 is 17.3 Å². The van der Waals surface area contributed by atoms with Crippen LogP contribution in [0, 0.1) is 0 Å². The standard InChI is InChI=1S/C15H25ClN2O2/c1-18(9-5-10-19-2)15-7-4-6-14(16)13(15)12-17-8-11-20-3/h4,6-7,17H,5,8-12H2,1-3H3. The highest BCUT2D eigenvalue weighted by Gasteiger charge is 2.10. The van der Waals surface area contributed by atoms with Crippen molar-refractivity contribution in [3.05, 3.63) is 28.8 Å². The average molecular weight is 301 g/mol. The molecule has 4 nitrogen and oxygen atoms in total. The SMILES string of the molecule is COCCCN(C)c1cccc(Cl)c1CNCCOC. The Labute approximate surface area is 127 Å². The monoisotopic (exact) mass is 300 g/mol. The van der Waals surface area contributed by atoms with Gasteiger partial charge in [-0.25, -0.2) is 0 Å². The highest BCUT2D eigenvalue weighted by Crippen LogP contribution is 2.26. The summed E-state index contributed by atoms with van der Waals surface area (Å²) in [7, 11) is 5.51. The van der Waals surface area contributed by atoms with Crippen molar-refractivity contribution in [1.29, 1.82) is 0 Å². The highest BCUT2D eigenvalue weighted by molar-refractivity contribution is 6.31. The van der Waals surface area contributed by atoms with Gasteiger partial charge in [-0.2, -0.15) is 0 Å². The van der Waals surface area contributed by atoms with Crippen LogP contribution in [0.4, 0.5) is 5.69 Å². The molecule has 1 N–H and O–H groups in total. The predicted molar refractivity (Wildman–Crippen MR) is 84.8 cm³/mol. The molecule has 0 atom stereocenters. The van der Waals surface area contributed by atoms with E-state index in [1.54, 1.807) is 14.2 Å². The molecule has 1 rings (SSSR count). The van der Waals surface area contributed by atoms with E-state index in [-0.39, 0.29) is 0 Å². The second kappa shape index (κ2) is 10.00. The van der Waals surface area contributed by atoms with Crippen LogP contribution in [-0.2, 0) is 16.0 Å². The Hall–Kier alpha value is -0.810. The molecule has 114 valence electrons. The molecule has 1 aromatic carbocycles. The van der Waals surface area contributed by atoms with Gasteiger partial charge in [0.25, 0.3) is 0 Å². The quantitative estimate of drug-likeness (QED) is 0.673. The van der Waals surface area contributed by atoms with Gasteiger partial charge in [0.15, 0.2) is 0 Å². The van der Waals surface area contributed by atoms with Crippen LogP contribution >= 0.6 is 11.6 Å². The molecule has 0 aliphatic heterocycles. The minimum absolute atomic E-state index is 0.698. The fourth-order valence-corrected chi connectivity index (χ4v) is 2.27. The average Bonchev–Trinajstić information content (AvgIpc) is 2.45. The number of hydrogen-bond acceptors (Lipinski definition) is 4. The molecular weight excluding hydrogens is 276 g/mol. The molecule has 0 aromatic heterocycles. The molecular formula is C15H25ClN2O2. The first-order valence-electron chi connectivity index (χ1n) is 6.87. The van der Waals surface area contributed by atoms with Crippen LogP contribution in [0.5, 0.6) is 0 Å². The molecule has 0 heterocycles. The molecule has 0 amide bonds. The number of anilines is 1. The molecule has 0 bridgehead atoms. The van der Waals surface area contributed by atoms with Crippen molar-refractivity contribution in [2.24, 2.45) is 0 Å². The zero-order valence-corrected chi connectivity index (χ0v) is 13.4. The summed E-state index contributed by atoms with van der Waals surface area (Å²) in [4.78, 5) is 2.22. The molecule has 0 spiro atoms. The van der Waals surface area contributed by atoms with Crippen molar-refractivity contribution in [2.75, 3.05) is 52.5 Å². The fourth-order valence-electron chi connectivity index (χ4n) is 2.03. The van der Waals surface area contributed by atoms with Gasteiger partial charge in [-0.1, -0.05) is 17.7 Å². The molecule has 0 aliphatic rings. The third kappa shape index (κ3) is 5.67. The molecule has 0 fully saturated rings. The normalized spacial score (nSPS) is 10.8. The Morgan fingerprint density at radius 2 is 1.95 bits per heavy atom. The van der Waals surface area contributed by atoms with E-state index in [2.05, 4.69) is 23.3 Å². The van der Waals surface area contributed by atoms with Crippen molar-refractivity contribution in [1.82, 2.24) is 5.32 Å². The topological polar surface area (TPSA) is 33.7 Å². The van der Waals surface area contributed by atoms with Gasteiger partial charge in [0.2, 0.25) is 0 Å². The summed E-state index contributed by atoms with van der Waals surface area (Å²) in [5.41, 5.74) is 2.30. The van der Waals surface area contributed by atoms with Crippen molar-refractivity contribution in [2.45, 2.75) is 13.0 Å². The van der Waals surface area contributed by atoms with Crippen LogP contribution in [0.1, 0.15) is 12.0 Å². The maximum absolute atomic E-state index is 6.32. The Morgan fingerprint density at radius 3 is 2.65 bits per heavy atom. The second-order valence-corrected chi connectivity index (χ2v) is 5.08. The van der Waals surface area contributed by atoms with E-state index in [4.69, 9.17) is 21.1 Å².